The van der Waals surface area contributed by atoms with Crippen LogP contribution in [-0.4, -0.2) is 40.4 Å². The monoisotopic (exact) mass is 361 g/mol. The summed E-state index contributed by atoms with van der Waals surface area (Å²) < 4.78 is 16.3. The van der Waals surface area contributed by atoms with Crippen LogP contribution in [0.1, 0.15) is 39.0 Å². The van der Waals surface area contributed by atoms with Crippen LogP contribution in [0.3, 0.4) is 0 Å². The number of nitrogens with zero attached hydrogens (tertiary/aromatic N) is 1. The van der Waals surface area contributed by atoms with Crippen LogP contribution in [0, 0.1) is 11.3 Å². The van der Waals surface area contributed by atoms with Gasteiger partial charge in [-0.25, -0.2) is 0 Å². The molecule has 2 aliphatic carbocycles. The van der Waals surface area contributed by atoms with Gasteiger partial charge in [0.2, 0.25) is 5.75 Å². The SMILES string of the molecule is CCNC(=NCC1(C2CC2)CCC1)Nc1cc(OC)c(OC)c(OC)c1. The molecule has 0 saturated heterocycles. The normalized spacial score (nSPS) is 18.7. The highest BCUT2D eigenvalue weighted by atomic mass is 16.5. The summed E-state index contributed by atoms with van der Waals surface area (Å²) in [6.07, 6.45) is 6.76. The summed E-state index contributed by atoms with van der Waals surface area (Å²) in [4.78, 5) is 4.90. The number of guanidine groups is 1. The van der Waals surface area contributed by atoms with Crippen molar-refractivity contribution in [1.82, 2.24) is 5.32 Å². The van der Waals surface area contributed by atoms with Crippen molar-refractivity contribution < 1.29 is 14.2 Å². The number of rotatable bonds is 8. The Bertz CT molecular complexity index is 627. The molecule has 0 heterocycles. The molecule has 0 radical (unpaired) electrons. The number of aliphatic imine (C=N–C) groups is 1. The highest BCUT2D eigenvalue weighted by Crippen LogP contribution is 2.57. The maximum Gasteiger partial charge on any atom is 0.203 e. The van der Waals surface area contributed by atoms with E-state index in [-0.39, 0.29) is 0 Å². The van der Waals surface area contributed by atoms with Crippen LogP contribution < -0.4 is 24.8 Å². The van der Waals surface area contributed by atoms with E-state index in [1.54, 1.807) is 21.3 Å². The number of hydrogen-bond donors (Lipinski definition) is 2. The minimum Gasteiger partial charge on any atom is -0.493 e. The van der Waals surface area contributed by atoms with Gasteiger partial charge in [0.25, 0.3) is 0 Å². The first kappa shape index (κ1) is 18.7. The van der Waals surface area contributed by atoms with E-state index < -0.39 is 0 Å². The minimum atomic E-state index is 0.456. The summed E-state index contributed by atoms with van der Waals surface area (Å²) >= 11 is 0. The first-order valence-corrected chi connectivity index (χ1v) is 9.51. The van der Waals surface area contributed by atoms with Crippen molar-refractivity contribution >= 4 is 11.6 Å². The quantitative estimate of drug-likeness (QED) is 0.546. The Morgan fingerprint density at radius 2 is 1.77 bits per heavy atom. The van der Waals surface area contributed by atoms with E-state index in [1.165, 1.54) is 32.1 Å². The van der Waals surface area contributed by atoms with E-state index in [0.29, 0.717) is 22.7 Å². The predicted molar refractivity (Wildman–Crippen MR) is 105 cm³/mol. The lowest BCUT2D eigenvalue weighted by atomic mass is 9.65. The number of methoxy groups -OCH3 is 3. The van der Waals surface area contributed by atoms with Crippen LogP contribution in [0.25, 0.3) is 0 Å². The Labute approximate surface area is 156 Å². The van der Waals surface area contributed by atoms with E-state index in [0.717, 1.165) is 30.7 Å². The largest absolute Gasteiger partial charge is 0.493 e. The predicted octanol–water partition coefficient (Wildman–Crippen LogP) is 3.67. The first-order valence-electron chi connectivity index (χ1n) is 9.51. The molecule has 26 heavy (non-hydrogen) atoms. The molecule has 6 heteroatoms. The maximum atomic E-state index is 5.44. The van der Waals surface area contributed by atoms with Crippen molar-refractivity contribution in [2.75, 3.05) is 39.7 Å². The zero-order valence-electron chi connectivity index (χ0n) is 16.4. The van der Waals surface area contributed by atoms with Gasteiger partial charge in [0, 0.05) is 30.9 Å². The number of hydrogen-bond acceptors (Lipinski definition) is 4. The van der Waals surface area contributed by atoms with Crippen LogP contribution in [0.15, 0.2) is 17.1 Å². The second-order valence-corrected chi connectivity index (χ2v) is 7.22. The van der Waals surface area contributed by atoms with Gasteiger partial charge < -0.3 is 24.8 Å². The molecular formula is C20H31N3O3. The third kappa shape index (κ3) is 3.84. The van der Waals surface area contributed by atoms with Crippen LogP contribution in [0.2, 0.25) is 0 Å². The van der Waals surface area contributed by atoms with Crippen LogP contribution >= 0.6 is 0 Å². The number of anilines is 1. The van der Waals surface area contributed by atoms with Gasteiger partial charge in [-0.05, 0) is 43.9 Å². The highest BCUT2D eigenvalue weighted by Gasteiger charge is 2.48. The Morgan fingerprint density at radius 3 is 2.19 bits per heavy atom. The van der Waals surface area contributed by atoms with Gasteiger partial charge >= 0.3 is 0 Å². The van der Waals surface area contributed by atoms with Gasteiger partial charge in [-0.2, -0.15) is 0 Å². The molecule has 1 aromatic carbocycles. The average molecular weight is 361 g/mol. The summed E-state index contributed by atoms with van der Waals surface area (Å²) in [7, 11) is 4.85. The van der Waals surface area contributed by atoms with Gasteiger partial charge in [-0.15, -0.1) is 0 Å². The lowest BCUT2D eigenvalue weighted by molar-refractivity contribution is 0.113. The molecule has 2 N–H and O–H groups in total. The molecule has 0 aliphatic heterocycles. The third-order valence-electron chi connectivity index (χ3n) is 5.62. The van der Waals surface area contributed by atoms with Crippen LogP contribution in [-0.2, 0) is 0 Å². The molecule has 0 bridgehead atoms. The summed E-state index contributed by atoms with van der Waals surface area (Å²) in [5.41, 5.74) is 1.31. The molecule has 0 spiro atoms. The van der Waals surface area contributed by atoms with E-state index in [4.69, 9.17) is 19.2 Å². The lowest BCUT2D eigenvalue weighted by Crippen LogP contribution is -2.37. The zero-order chi connectivity index (χ0) is 18.6. The lowest BCUT2D eigenvalue weighted by Gasteiger charge is -2.41. The van der Waals surface area contributed by atoms with Crippen LogP contribution in [0.4, 0.5) is 5.69 Å². The van der Waals surface area contributed by atoms with Crippen molar-refractivity contribution in [3.8, 4) is 17.2 Å². The van der Waals surface area contributed by atoms with E-state index in [2.05, 4.69) is 17.6 Å². The molecule has 0 unspecified atom stereocenters. The smallest absolute Gasteiger partial charge is 0.203 e. The standard InChI is InChI=1S/C20H31N3O3/c1-5-21-19(22-13-20(9-6-10-20)14-7-8-14)23-15-11-16(24-2)18(26-4)17(12-15)25-3/h11-12,14H,5-10,13H2,1-4H3,(H2,21,22,23). The van der Waals surface area contributed by atoms with Crippen molar-refractivity contribution in [2.24, 2.45) is 16.3 Å². The van der Waals surface area contributed by atoms with Crippen LogP contribution in [0.5, 0.6) is 17.2 Å². The van der Waals surface area contributed by atoms with Gasteiger partial charge in [-0.1, -0.05) is 6.42 Å². The Kier molecular flexibility index (Phi) is 5.79. The van der Waals surface area contributed by atoms with Crippen molar-refractivity contribution in [2.45, 2.75) is 39.0 Å². The fourth-order valence-corrected chi connectivity index (χ4v) is 3.86. The molecule has 6 nitrogen and oxygen atoms in total. The summed E-state index contributed by atoms with van der Waals surface area (Å²) in [6.45, 7) is 3.79. The average Bonchev–Trinajstić information content (AvgIpc) is 3.45. The molecule has 3 rings (SSSR count). The molecule has 0 aromatic heterocycles. The van der Waals surface area contributed by atoms with Gasteiger partial charge in [0.15, 0.2) is 17.5 Å². The topological polar surface area (TPSA) is 64.1 Å². The number of ether oxygens (including phenoxy) is 3. The fraction of sp³-hybridized carbons (Fsp3) is 0.650. The number of nitrogens with one attached hydrogen (secondary N) is 2. The van der Waals surface area contributed by atoms with E-state index >= 15 is 0 Å². The molecule has 2 saturated carbocycles. The van der Waals surface area contributed by atoms with Gasteiger partial charge in [-0.3, -0.25) is 4.99 Å². The molecule has 2 fully saturated rings. The van der Waals surface area contributed by atoms with Gasteiger partial charge in [0.05, 0.1) is 21.3 Å². The van der Waals surface area contributed by atoms with Gasteiger partial charge in [0.1, 0.15) is 0 Å². The first-order chi connectivity index (χ1) is 12.7. The minimum absolute atomic E-state index is 0.456. The molecular weight excluding hydrogens is 330 g/mol. The second kappa shape index (κ2) is 8.06. The van der Waals surface area contributed by atoms with Crippen molar-refractivity contribution in [1.29, 1.82) is 0 Å². The zero-order valence-corrected chi connectivity index (χ0v) is 16.4. The maximum absolute atomic E-state index is 5.44. The molecule has 144 valence electrons. The Balaban J connectivity index is 1.78. The van der Waals surface area contributed by atoms with E-state index in [1.807, 2.05) is 12.1 Å². The van der Waals surface area contributed by atoms with Crippen molar-refractivity contribution in [3.05, 3.63) is 12.1 Å². The second-order valence-electron chi connectivity index (χ2n) is 7.22. The highest BCUT2D eigenvalue weighted by molar-refractivity contribution is 5.94. The Morgan fingerprint density at radius 1 is 1.12 bits per heavy atom. The third-order valence-corrected chi connectivity index (χ3v) is 5.62. The molecule has 1 aromatic rings. The molecule has 2 aliphatic rings. The van der Waals surface area contributed by atoms with E-state index in [9.17, 15) is 0 Å². The molecule has 0 atom stereocenters. The summed E-state index contributed by atoms with van der Waals surface area (Å²) in [5.74, 6) is 3.53. The molecule has 0 amide bonds. The summed E-state index contributed by atoms with van der Waals surface area (Å²) in [5, 5.41) is 6.72. The van der Waals surface area contributed by atoms with Crippen molar-refractivity contribution in [3.63, 3.8) is 0 Å². The Hall–Kier alpha value is -2.11. The fourth-order valence-electron chi connectivity index (χ4n) is 3.86. The summed E-state index contributed by atoms with van der Waals surface area (Å²) in [6, 6.07) is 3.79. The number of benzene rings is 1.